The van der Waals surface area contributed by atoms with E-state index in [1.165, 1.54) is 6.07 Å². The molecule has 6 heteroatoms. The highest BCUT2D eigenvalue weighted by Crippen LogP contribution is 2.26. The van der Waals surface area contributed by atoms with E-state index in [4.69, 9.17) is 14.2 Å². The first-order chi connectivity index (χ1) is 20.0. The minimum atomic E-state index is -0.535. The lowest BCUT2D eigenvalue weighted by Gasteiger charge is -2.10. The van der Waals surface area contributed by atoms with E-state index in [0.717, 1.165) is 5.56 Å². The van der Waals surface area contributed by atoms with Gasteiger partial charge in [0.25, 0.3) is 0 Å². The van der Waals surface area contributed by atoms with Gasteiger partial charge in [-0.25, -0.2) is 14.4 Å². The second-order valence-corrected chi connectivity index (χ2v) is 8.91. The van der Waals surface area contributed by atoms with Crippen LogP contribution < -0.4 is 14.2 Å². The maximum atomic E-state index is 12.7. The van der Waals surface area contributed by atoms with Crippen LogP contribution in [0.15, 0.2) is 133 Å². The lowest BCUT2D eigenvalue weighted by atomic mass is 10.1. The van der Waals surface area contributed by atoms with Crippen molar-refractivity contribution in [3.63, 3.8) is 0 Å². The maximum absolute atomic E-state index is 12.7. The lowest BCUT2D eigenvalue weighted by molar-refractivity contribution is 0.0720. The molecule has 0 bridgehead atoms. The number of ether oxygens (including phenoxy) is 3. The van der Waals surface area contributed by atoms with Gasteiger partial charge >= 0.3 is 17.9 Å². The first-order valence-electron chi connectivity index (χ1n) is 12.8. The first kappa shape index (κ1) is 26.8. The first-order valence-corrected chi connectivity index (χ1v) is 12.8. The molecule has 0 spiro atoms. The third kappa shape index (κ3) is 7.43. The van der Waals surface area contributed by atoms with E-state index in [9.17, 15) is 14.4 Å². The molecule has 0 aliphatic heterocycles. The van der Waals surface area contributed by atoms with Gasteiger partial charge in [-0.15, -0.1) is 0 Å². The molecule has 5 rings (SSSR count). The van der Waals surface area contributed by atoms with E-state index in [1.807, 2.05) is 24.3 Å². The fraction of sp³-hybridized carbons (Fsp3) is 0. The summed E-state index contributed by atoms with van der Waals surface area (Å²) in [6.45, 7) is 0. The zero-order valence-corrected chi connectivity index (χ0v) is 21.8. The molecule has 0 fully saturated rings. The van der Waals surface area contributed by atoms with Crippen molar-refractivity contribution in [3.05, 3.63) is 161 Å². The Kier molecular flexibility index (Phi) is 8.42. The van der Waals surface area contributed by atoms with Crippen molar-refractivity contribution in [2.45, 2.75) is 0 Å². The zero-order valence-electron chi connectivity index (χ0n) is 21.8. The van der Waals surface area contributed by atoms with E-state index >= 15 is 0 Å². The van der Waals surface area contributed by atoms with Crippen LogP contribution in [0.1, 0.15) is 42.2 Å². The Morgan fingerprint density at radius 1 is 0.390 bits per heavy atom. The molecule has 0 heterocycles. The highest BCUT2D eigenvalue weighted by Gasteiger charge is 2.13. The van der Waals surface area contributed by atoms with Crippen LogP contribution in [-0.4, -0.2) is 17.9 Å². The smallest absolute Gasteiger partial charge is 0.343 e. The molecule has 0 unspecified atom stereocenters. The van der Waals surface area contributed by atoms with Crippen molar-refractivity contribution in [1.29, 1.82) is 0 Å². The van der Waals surface area contributed by atoms with Gasteiger partial charge in [0.15, 0.2) is 0 Å². The van der Waals surface area contributed by atoms with Crippen LogP contribution >= 0.6 is 0 Å². The largest absolute Gasteiger partial charge is 0.423 e. The summed E-state index contributed by atoms with van der Waals surface area (Å²) in [4.78, 5) is 37.6. The average Bonchev–Trinajstić information content (AvgIpc) is 3.02. The summed E-state index contributed by atoms with van der Waals surface area (Å²) < 4.78 is 16.6. The molecule has 5 aromatic carbocycles. The fourth-order valence-electron chi connectivity index (χ4n) is 3.87. The van der Waals surface area contributed by atoms with E-state index in [1.54, 1.807) is 115 Å². The van der Waals surface area contributed by atoms with Crippen LogP contribution in [0.5, 0.6) is 17.2 Å². The minimum absolute atomic E-state index is 0.222. The predicted octanol–water partition coefficient (Wildman–Crippen LogP) is 7.51. The monoisotopic (exact) mass is 540 g/mol. The van der Waals surface area contributed by atoms with Gasteiger partial charge < -0.3 is 14.2 Å². The summed E-state index contributed by atoms with van der Waals surface area (Å²) >= 11 is 0. The van der Waals surface area contributed by atoms with Gasteiger partial charge in [0, 0.05) is 6.07 Å². The number of hydrogen-bond acceptors (Lipinski definition) is 6. The van der Waals surface area contributed by atoms with E-state index < -0.39 is 17.9 Å². The number of carbonyl (C=O) groups is 3. The third-order valence-corrected chi connectivity index (χ3v) is 5.91. The maximum Gasteiger partial charge on any atom is 0.343 e. The zero-order chi connectivity index (χ0) is 28.4. The molecule has 0 atom stereocenters. The van der Waals surface area contributed by atoms with Gasteiger partial charge in [0.2, 0.25) is 0 Å². The summed E-state index contributed by atoms with van der Waals surface area (Å²) in [6.07, 6.45) is 3.63. The quantitative estimate of drug-likeness (QED) is 0.115. The Morgan fingerprint density at radius 3 is 1.17 bits per heavy atom. The van der Waals surface area contributed by atoms with Crippen molar-refractivity contribution in [2.75, 3.05) is 0 Å². The lowest BCUT2D eigenvalue weighted by Crippen LogP contribution is -2.10. The van der Waals surface area contributed by atoms with Gasteiger partial charge in [-0.2, -0.15) is 0 Å². The Bertz CT molecular complexity index is 1600. The highest BCUT2D eigenvalue weighted by molar-refractivity contribution is 5.92. The normalized spacial score (nSPS) is 10.6. The second-order valence-electron chi connectivity index (χ2n) is 8.91. The molecule has 0 aliphatic rings. The van der Waals surface area contributed by atoms with Crippen LogP contribution in [0.2, 0.25) is 0 Å². The van der Waals surface area contributed by atoms with E-state index in [2.05, 4.69) is 0 Å². The molecule has 0 saturated carbocycles. The van der Waals surface area contributed by atoms with E-state index in [-0.39, 0.29) is 11.5 Å². The number of rotatable bonds is 8. The van der Waals surface area contributed by atoms with E-state index in [0.29, 0.717) is 28.0 Å². The molecule has 0 radical (unpaired) electrons. The molecule has 0 N–H and O–H groups in total. The van der Waals surface area contributed by atoms with Crippen molar-refractivity contribution >= 4 is 30.1 Å². The van der Waals surface area contributed by atoms with Crippen molar-refractivity contribution in [3.8, 4) is 17.2 Å². The molecule has 5 aromatic rings. The van der Waals surface area contributed by atoms with Gasteiger partial charge in [0.05, 0.1) is 16.7 Å². The van der Waals surface area contributed by atoms with Gasteiger partial charge in [0.1, 0.15) is 17.2 Å². The van der Waals surface area contributed by atoms with Crippen molar-refractivity contribution < 1.29 is 28.6 Å². The average molecular weight is 541 g/mol. The molecular weight excluding hydrogens is 516 g/mol. The van der Waals surface area contributed by atoms with Gasteiger partial charge in [-0.05, 0) is 71.8 Å². The van der Waals surface area contributed by atoms with Crippen LogP contribution in [0.25, 0.3) is 12.2 Å². The molecule has 200 valence electrons. The molecule has 41 heavy (non-hydrogen) atoms. The standard InChI is InChI=1S/C35H24O6/c36-33(27-10-4-1-5-11-27)39-30-20-18-25(19-21-30)16-17-26-22-31(40-34(37)28-12-6-2-7-13-28)24-32(23-26)41-35(38)29-14-8-3-9-15-29/h1-24H. The van der Waals surface area contributed by atoms with Crippen molar-refractivity contribution in [2.24, 2.45) is 0 Å². The Labute approximate surface area is 237 Å². The summed E-state index contributed by atoms with van der Waals surface area (Å²) in [6, 6.07) is 37.8. The molecule has 0 aromatic heterocycles. The third-order valence-electron chi connectivity index (χ3n) is 5.91. The number of carbonyl (C=O) groups excluding carboxylic acids is 3. The number of benzene rings is 5. The summed E-state index contributed by atoms with van der Waals surface area (Å²) in [5.74, 6) is -0.644. The van der Waals surface area contributed by atoms with Gasteiger partial charge in [-0.1, -0.05) is 78.9 Å². The number of hydrogen-bond donors (Lipinski definition) is 0. The Hall–Kier alpha value is -5.75. The number of esters is 3. The van der Waals surface area contributed by atoms with Crippen LogP contribution in [0, 0.1) is 0 Å². The SMILES string of the molecule is O=C(Oc1ccc(C=Cc2cc(OC(=O)c3ccccc3)cc(OC(=O)c3ccccc3)c2)cc1)c1ccccc1. The summed E-state index contributed by atoms with van der Waals surface area (Å²) in [5, 5.41) is 0. The Morgan fingerprint density at radius 2 is 0.756 bits per heavy atom. The van der Waals surface area contributed by atoms with Gasteiger partial charge in [-0.3, -0.25) is 0 Å². The molecular formula is C35H24O6. The van der Waals surface area contributed by atoms with Crippen LogP contribution in [0.3, 0.4) is 0 Å². The molecule has 0 saturated heterocycles. The second kappa shape index (κ2) is 12.9. The minimum Gasteiger partial charge on any atom is -0.423 e. The molecule has 0 amide bonds. The van der Waals surface area contributed by atoms with Crippen LogP contribution in [0.4, 0.5) is 0 Å². The summed E-state index contributed by atoms with van der Waals surface area (Å²) in [5.41, 5.74) is 2.72. The fourth-order valence-corrected chi connectivity index (χ4v) is 3.87. The molecule has 0 aliphatic carbocycles. The molecule has 6 nitrogen and oxygen atoms in total. The van der Waals surface area contributed by atoms with Crippen LogP contribution in [-0.2, 0) is 0 Å². The van der Waals surface area contributed by atoms with Crippen molar-refractivity contribution in [1.82, 2.24) is 0 Å². The Balaban J connectivity index is 1.34. The predicted molar refractivity (Wildman–Crippen MR) is 156 cm³/mol. The summed E-state index contributed by atoms with van der Waals surface area (Å²) in [7, 11) is 0. The topological polar surface area (TPSA) is 78.9 Å². The highest BCUT2D eigenvalue weighted by atomic mass is 16.5.